The molecular formula is C37H34O8. The van der Waals surface area contributed by atoms with Crippen molar-refractivity contribution in [3.8, 4) is 23.0 Å². The van der Waals surface area contributed by atoms with E-state index >= 15 is 0 Å². The molecule has 0 aliphatic rings. The Morgan fingerprint density at radius 1 is 0.533 bits per heavy atom. The van der Waals surface area contributed by atoms with Gasteiger partial charge in [0, 0.05) is 17.8 Å². The average Bonchev–Trinajstić information content (AvgIpc) is 3.03. The topological polar surface area (TPSA) is 156 Å². The van der Waals surface area contributed by atoms with Crippen molar-refractivity contribution in [3.05, 3.63) is 155 Å². The van der Waals surface area contributed by atoms with Gasteiger partial charge >= 0.3 is 11.9 Å². The summed E-state index contributed by atoms with van der Waals surface area (Å²) in [6.07, 6.45) is 0.468. The van der Waals surface area contributed by atoms with Crippen LogP contribution >= 0.6 is 0 Å². The smallest absolute Gasteiger partial charge is 0.335 e. The molecule has 0 saturated heterocycles. The Balaban J connectivity index is 0.000000207. The number of carboxylic acids is 2. The van der Waals surface area contributed by atoms with Crippen molar-refractivity contribution in [1.29, 1.82) is 0 Å². The van der Waals surface area contributed by atoms with Crippen LogP contribution in [0.4, 0.5) is 0 Å². The summed E-state index contributed by atoms with van der Waals surface area (Å²) in [6.45, 7) is 1.97. The Labute approximate surface area is 260 Å². The molecule has 0 unspecified atom stereocenters. The molecule has 0 saturated carbocycles. The van der Waals surface area contributed by atoms with Crippen LogP contribution in [0, 0.1) is 0 Å². The molecule has 45 heavy (non-hydrogen) atoms. The molecule has 0 fully saturated rings. The fourth-order valence-electron chi connectivity index (χ4n) is 5.20. The van der Waals surface area contributed by atoms with Crippen molar-refractivity contribution in [3.63, 3.8) is 0 Å². The van der Waals surface area contributed by atoms with Crippen LogP contribution in [0.5, 0.6) is 23.0 Å². The molecule has 0 heterocycles. The summed E-state index contributed by atoms with van der Waals surface area (Å²) in [6, 6.07) is 34.1. The Bertz CT molecular complexity index is 1620. The summed E-state index contributed by atoms with van der Waals surface area (Å²) in [5.74, 6) is -1.23. The van der Waals surface area contributed by atoms with E-state index in [0.29, 0.717) is 6.42 Å². The van der Waals surface area contributed by atoms with Gasteiger partial charge in [0.1, 0.15) is 23.0 Å². The third-order valence-corrected chi connectivity index (χ3v) is 7.79. The molecule has 0 bridgehead atoms. The van der Waals surface area contributed by atoms with Gasteiger partial charge in [-0.2, -0.15) is 0 Å². The predicted molar refractivity (Wildman–Crippen MR) is 170 cm³/mol. The summed E-state index contributed by atoms with van der Waals surface area (Å²) in [7, 11) is 0. The average molecular weight is 607 g/mol. The van der Waals surface area contributed by atoms with Crippen LogP contribution in [0.2, 0.25) is 0 Å². The number of carbonyl (C=O) groups is 2. The molecule has 0 atom stereocenters. The Morgan fingerprint density at radius 3 is 1.16 bits per heavy atom. The molecule has 0 aliphatic carbocycles. The first-order chi connectivity index (χ1) is 21.5. The number of phenols is 4. The molecule has 230 valence electrons. The van der Waals surface area contributed by atoms with Crippen LogP contribution in [0.25, 0.3) is 0 Å². The first-order valence-corrected chi connectivity index (χ1v) is 14.2. The van der Waals surface area contributed by atoms with Crippen LogP contribution in [0.3, 0.4) is 0 Å². The zero-order valence-electron chi connectivity index (χ0n) is 24.5. The van der Waals surface area contributed by atoms with Gasteiger partial charge in [-0.25, -0.2) is 4.79 Å². The number of hydrogen-bond acceptors (Lipinski definition) is 6. The monoisotopic (exact) mass is 606 g/mol. The highest BCUT2D eigenvalue weighted by atomic mass is 16.4. The van der Waals surface area contributed by atoms with Crippen LogP contribution in [-0.2, 0) is 10.2 Å². The molecular weight excluding hydrogens is 572 g/mol. The van der Waals surface area contributed by atoms with Crippen molar-refractivity contribution >= 4 is 11.9 Å². The molecule has 0 spiro atoms. The molecule has 0 amide bonds. The highest BCUT2D eigenvalue weighted by molar-refractivity contribution is 5.87. The van der Waals surface area contributed by atoms with Crippen LogP contribution in [-0.4, -0.2) is 42.6 Å². The SMILES string of the molecule is CC(CCC(=O)O)(c1ccc(O)cc1)c1ccc(O)cc1.O=C(O)c1ccc(C(c2ccc(O)cc2)c2ccc(O)cc2)cc1. The van der Waals surface area contributed by atoms with E-state index in [1.165, 1.54) is 0 Å². The number of carboxylic acid groups (broad SMARTS) is 2. The van der Waals surface area contributed by atoms with Gasteiger partial charge in [-0.05, 0) is 94.9 Å². The Hall–Kier alpha value is -5.76. The van der Waals surface area contributed by atoms with Crippen molar-refractivity contribution in [2.75, 3.05) is 0 Å². The van der Waals surface area contributed by atoms with Gasteiger partial charge in [0.15, 0.2) is 0 Å². The maximum absolute atomic E-state index is 11.0. The number of hydrogen-bond donors (Lipinski definition) is 6. The van der Waals surface area contributed by atoms with Gasteiger partial charge in [0.05, 0.1) is 5.56 Å². The van der Waals surface area contributed by atoms with Gasteiger partial charge in [0.25, 0.3) is 0 Å². The van der Waals surface area contributed by atoms with E-state index in [1.54, 1.807) is 97.1 Å². The highest BCUT2D eigenvalue weighted by Gasteiger charge is 2.29. The molecule has 5 rings (SSSR count). The van der Waals surface area contributed by atoms with E-state index in [0.717, 1.165) is 27.8 Å². The van der Waals surface area contributed by atoms with E-state index in [-0.39, 0.29) is 40.9 Å². The third-order valence-electron chi connectivity index (χ3n) is 7.79. The van der Waals surface area contributed by atoms with Gasteiger partial charge < -0.3 is 30.6 Å². The van der Waals surface area contributed by atoms with Crippen molar-refractivity contribution in [1.82, 2.24) is 0 Å². The fraction of sp³-hybridized carbons (Fsp3) is 0.135. The van der Waals surface area contributed by atoms with Gasteiger partial charge in [-0.15, -0.1) is 0 Å². The number of rotatable bonds is 9. The second kappa shape index (κ2) is 14.1. The predicted octanol–water partition coefficient (Wildman–Crippen LogP) is 7.24. The van der Waals surface area contributed by atoms with Crippen LogP contribution in [0.1, 0.15) is 63.9 Å². The molecule has 6 N–H and O–H groups in total. The van der Waals surface area contributed by atoms with Crippen LogP contribution < -0.4 is 0 Å². The summed E-state index contributed by atoms with van der Waals surface area (Å²) in [4.78, 5) is 22.0. The molecule has 0 radical (unpaired) electrons. The van der Waals surface area contributed by atoms with E-state index in [4.69, 9.17) is 10.2 Å². The molecule has 5 aromatic rings. The van der Waals surface area contributed by atoms with Crippen molar-refractivity contribution in [2.24, 2.45) is 0 Å². The van der Waals surface area contributed by atoms with E-state index in [1.807, 2.05) is 31.2 Å². The first-order valence-electron chi connectivity index (χ1n) is 14.2. The van der Waals surface area contributed by atoms with E-state index in [2.05, 4.69) is 0 Å². The maximum Gasteiger partial charge on any atom is 0.335 e. The zero-order chi connectivity index (χ0) is 32.6. The quantitative estimate of drug-likeness (QED) is 0.0959. The third kappa shape index (κ3) is 8.20. The number of aromatic hydroxyl groups is 4. The first kappa shape index (κ1) is 32.2. The van der Waals surface area contributed by atoms with Gasteiger partial charge in [-0.3, -0.25) is 4.79 Å². The lowest BCUT2D eigenvalue weighted by molar-refractivity contribution is -0.137. The second-order valence-electron chi connectivity index (χ2n) is 10.9. The van der Waals surface area contributed by atoms with Gasteiger partial charge in [0.2, 0.25) is 0 Å². The Morgan fingerprint density at radius 2 is 0.844 bits per heavy atom. The normalized spacial score (nSPS) is 11.0. The van der Waals surface area contributed by atoms with E-state index in [9.17, 15) is 30.0 Å². The largest absolute Gasteiger partial charge is 0.508 e. The van der Waals surface area contributed by atoms with Gasteiger partial charge in [-0.1, -0.05) is 67.6 Å². The minimum Gasteiger partial charge on any atom is -0.508 e. The molecule has 5 aromatic carbocycles. The number of aromatic carboxylic acids is 1. The standard InChI is InChI=1S/C20H16O4.C17H18O4/c21-17-9-5-14(6-10-17)19(15-7-11-18(22)12-8-15)13-1-3-16(4-2-13)20(23)24;1-17(11-10-16(20)21,12-2-6-14(18)7-3-12)13-4-8-15(19)9-5-13/h1-12,19,21-22H,(H,23,24);2-9,18-19H,10-11H2,1H3,(H,20,21). The lowest BCUT2D eigenvalue weighted by Crippen LogP contribution is -2.24. The lowest BCUT2D eigenvalue weighted by atomic mass is 9.73. The molecule has 0 aliphatic heterocycles. The minimum atomic E-state index is -0.965. The summed E-state index contributed by atoms with van der Waals surface area (Å²) in [5.41, 5.74) is 4.42. The molecule has 8 nitrogen and oxygen atoms in total. The van der Waals surface area contributed by atoms with Crippen molar-refractivity contribution in [2.45, 2.75) is 31.1 Å². The van der Waals surface area contributed by atoms with Crippen LogP contribution in [0.15, 0.2) is 121 Å². The number of phenolic OH excluding ortho intramolecular Hbond substituents is 4. The Kier molecular flexibility index (Phi) is 10.1. The number of benzene rings is 5. The minimum absolute atomic E-state index is 0.0399. The zero-order valence-corrected chi connectivity index (χ0v) is 24.5. The lowest BCUT2D eigenvalue weighted by Gasteiger charge is -2.30. The van der Waals surface area contributed by atoms with E-state index < -0.39 is 17.4 Å². The molecule has 8 heteroatoms. The van der Waals surface area contributed by atoms with Crippen molar-refractivity contribution < 1.29 is 40.2 Å². The second-order valence-corrected chi connectivity index (χ2v) is 10.9. The summed E-state index contributed by atoms with van der Waals surface area (Å²) < 4.78 is 0. The summed E-state index contributed by atoms with van der Waals surface area (Å²) in [5, 5.41) is 55.9. The highest BCUT2D eigenvalue weighted by Crippen LogP contribution is 2.38. The summed E-state index contributed by atoms with van der Waals surface area (Å²) >= 11 is 0. The molecule has 0 aromatic heterocycles. The number of aliphatic carboxylic acids is 1. The maximum atomic E-state index is 11.0. The fourth-order valence-corrected chi connectivity index (χ4v) is 5.20.